The normalized spacial score (nSPS) is 14.4. The van der Waals surface area contributed by atoms with E-state index in [1.165, 1.54) is 25.7 Å². The molecular weight excluding hydrogens is 348 g/mol. The Morgan fingerprint density at radius 1 is 0.893 bits per heavy atom. The summed E-state index contributed by atoms with van der Waals surface area (Å²) in [6.45, 7) is 0. The zero-order valence-electron chi connectivity index (χ0n) is 15.6. The number of hydrogen-bond acceptors (Lipinski definition) is 4. The zero-order chi connectivity index (χ0) is 18.8. The number of anilines is 1. The summed E-state index contributed by atoms with van der Waals surface area (Å²) in [5.41, 5.74) is 3.06. The first-order chi connectivity index (χ1) is 13.9. The van der Waals surface area contributed by atoms with E-state index in [-0.39, 0.29) is 0 Å². The van der Waals surface area contributed by atoms with Crippen molar-refractivity contribution in [1.29, 1.82) is 0 Å². The summed E-state index contributed by atoms with van der Waals surface area (Å²) in [5, 5.41) is 4.68. The van der Waals surface area contributed by atoms with Gasteiger partial charge in [-0.25, -0.2) is 9.97 Å². The molecule has 5 rings (SSSR count). The van der Waals surface area contributed by atoms with Crippen molar-refractivity contribution < 1.29 is 4.74 Å². The Hall–Kier alpha value is -3.34. The average molecular weight is 370 g/mol. The van der Waals surface area contributed by atoms with Gasteiger partial charge in [-0.2, -0.15) is 0 Å². The van der Waals surface area contributed by atoms with Crippen molar-refractivity contribution in [2.45, 2.75) is 31.7 Å². The minimum Gasteiger partial charge on any atom is -0.457 e. The Bertz CT molecular complexity index is 1070. The molecule has 4 aromatic rings. The Morgan fingerprint density at radius 3 is 2.43 bits per heavy atom. The molecule has 140 valence electrons. The SMILES string of the molecule is c1ccc(Oc2ccc(-c3c[nH]c4ncnc(NC5CCCC5)c34)cc2)cc1. The second-order valence-electron chi connectivity index (χ2n) is 7.21. The number of hydrogen-bond donors (Lipinski definition) is 2. The molecule has 0 bridgehead atoms. The van der Waals surface area contributed by atoms with Gasteiger partial charge in [0.1, 0.15) is 29.3 Å². The van der Waals surface area contributed by atoms with Gasteiger partial charge in [0, 0.05) is 17.8 Å². The maximum absolute atomic E-state index is 5.91. The number of aromatic nitrogens is 3. The lowest BCUT2D eigenvalue weighted by Gasteiger charge is -2.14. The summed E-state index contributed by atoms with van der Waals surface area (Å²) in [5.74, 6) is 2.56. The zero-order valence-corrected chi connectivity index (χ0v) is 15.6. The van der Waals surface area contributed by atoms with Crippen LogP contribution in [0.3, 0.4) is 0 Å². The molecule has 28 heavy (non-hydrogen) atoms. The third kappa shape index (κ3) is 3.31. The first kappa shape index (κ1) is 16.8. The minimum atomic E-state index is 0.502. The highest BCUT2D eigenvalue weighted by atomic mass is 16.5. The van der Waals surface area contributed by atoms with E-state index >= 15 is 0 Å². The van der Waals surface area contributed by atoms with Crippen LogP contribution in [0.15, 0.2) is 67.1 Å². The quantitative estimate of drug-likeness (QED) is 0.468. The number of ether oxygens (including phenoxy) is 1. The summed E-state index contributed by atoms with van der Waals surface area (Å²) in [6.07, 6.45) is 8.61. The predicted octanol–water partition coefficient (Wildman–Crippen LogP) is 5.77. The first-order valence-corrected chi connectivity index (χ1v) is 9.79. The highest BCUT2D eigenvalue weighted by Gasteiger charge is 2.19. The number of fused-ring (bicyclic) bond motifs is 1. The van der Waals surface area contributed by atoms with Crippen LogP contribution in [-0.4, -0.2) is 21.0 Å². The molecule has 2 N–H and O–H groups in total. The van der Waals surface area contributed by atoms with Crippen LogP contribution in [0, 0.1) is 0 Å². The van der Waals surface area contributed by atoms with Gasteiger partial charge in [0.15, 0.2) is 0 Å². The molecule has 0 radical (unpaired) electrons. The van der Waals surface area contributed by atoms with Crippen molar-refractivity contribution in [3.05, 3.63) is 67.1 Å². The summed E-state index contributed by atoms with van der Waals surface area (Å²) in [4.78, 5) is 12.2. The highest BCUT2D eigenvalue weighted by Crippen LogP contribution is 2.34. The lowest BCUT2D eigenvalue weighted by atomic mass is 10.1. The van der Waals surface area contributed by atoms with E-state index < -0.39 is 0 Å². The average Bonchev–Trinajstić information content (AvgIpc) is 3.40. The highest BCUT2D eigenvalue weighted by molar-refractivity contribution is 6.00. The molecule has 1 fully saturated rings. The fraction of sp³-hybridized carbons (Fsp3) is 0.217. The molecule has 1 aliphatic rings. The number of para-hydroxylation sites is 1. The van der Waals surface area contributed by atoms with Crippen molar-refractivity contribution in [1.82, 2.24) is 15.0 Å². The van der Waals surface area contributed by atoms with E-state index in [1.807, 2.05) is 48.7 Å². The molecule has 0 aliphatic heterocycles. The van der Waals surface area contributed by atoms with Gasteiger partial charge in [-0.15, -0.1) is 0 Å². The molecule has 1 aliphatic carbocycles. The summed E-state index contributed by atoms with van der Waals surface area (Å²) in [7, 11) is 0. The van der Waals surface area contributed by atoms with Crippen LogP contribution in [0.25, 0.3) is 22.2 Å². The molecule has 5 heteroatoms. The number of H-pyrrole nitrogens is 1. The van der Waals surface area contributed by atoms with Crippen molar-refractivity contribution in [3.63, 3.8) is 0 Å². The molecule has 0 unspecified atom stereocenters. The van der Waals surface area contributed by atoms with Crippen LogP contribution in [0.1, 0.15) is 25.7 Å². The van der Waals surface area contributed by atoms with Crippen molar-refractivity contribution in [3.8, 4) is 22.6 Å². The first-order valence-electron chi connectivity index (χ1n) is 9.79. The van der Waals surface area contributed by atoms with E-state index in [0.717, 1.165) is 39.5 Å². The summed E-state index contributed by atoms with van der Waals surface area (Å²) >= 11 is 0. The number of nitrogens with one attached hydrogen (secondary N) is 2. The number of benzene rings is 2. The fourth-order valence-electron chi connectivity index (χ4n) is 3.89. The topological polar surface area (TPSA) is 62.8 Å². The van der Waals surface area contributed by atoms with Crippen molar-refractivity contribution >= 4 is 16.9 Å². The van der Waals surface area contributed by atoms with Gasteiger partial charge in [0.25, 0.3) is 0 Å². The van der Waals surface area contributed by atoms with Crippen molar-refractivity contribution in [2.75, 3.05) is 5.32 Å². The van der Waals surface area contributed by atoms with E-state index in [1.54, 1.807) is 6.33 Å². The van der Waals surface area contributed by atoms with E-state index in [2.05, 4.69) is 32.4 Å². The molecular formula is C23H22N4O. The fourth-order valence-corrected chi connectivity index (χ4v) is 3.89. The largest absolute Gasteiger partial charge is 0.457 e. The third-order valence-corrected chi connectivity index (χ3v) is 5.31. The maximum atomic E-state index is 5.91. The van der Waals surface area contributed by atoms with Gasteiger partial charge < -0.3 is 15.0 Å². The second-order valence-corrected chi connectivity index (χ2v) is 7.21. The van der Waals surface area contributed by atoms with Crippen LogP contribution in [0.4, 0.5) is 5.82 Å². The van der Waals surface area contributed by atoms with E-state index in [0.29, 0.717) is 6.04 Å². The van der Waals surface area contributed by atoms with E-state index in [9.17, 15) is 0 Å². The van der Waals surface area contributed by atoms with Gasteiger partial charge in [-0.3, -0.25) is 0 Å². The monoisotopic (exact) mass is 370 g/mol. The molecule has 2 aromatic heterocycles. The van der Waals surface area contributed by atoms with Gasteiger partial charge in [-0.1, -0.05) is 43.2 Å². The van der Waals surface area contributed by atoms with Crippen LogP contribution < -0.4 is 10.1 Å². The summed E-state index contributed by atoms with van der Waals surface area (Å²) in [6, 6.07) is 18.5. The Kier molecular flexibility index (Phi) is 4.41. The number of aromatic amines is 1. The Labute approximate surface area is 163 Å². The number of nitrogens with zero attached hydrogens (tertiary/aromatic N) is 2. The van der Waals surface area contributed by atoms with Gasteiger partial charge >= 0.3 is 0 Å². The number of rotatable bonds is 5. The molecule has 2 aromatic carbocycles. The standard InChI is InChI=1S/C23H22N4O/c1-2-8-18(9-3-1)28-19-12-10-16(11-13-19)20-14-24-22-21(20)23(26-15-25-22)27-17-6-4-5-7-17/h1-3,8-15,17H,4-7H2,(H2,24,25,26,27). The van der Waals surface area contributed by atoms with Gasteiger partial charge in [-0.05, 0) is 42.7 Å². The Balaban J connectivity index is 1.45. The van der Waals surface area contributed by atoms with Gasteiger partial charge in [0.2, 0.25) is 0 Å². The molecule has 0 spiro atoms. The van der Waals surface area contributed by atoms with Crippen LogP contribution in [-0.2, 0) is 0 Å². The predicted molar refractivity (Wildman–Crippen MR) is 112 cm³/mol. The summed E-state index contributed by atoms with van der Waals surface area (Å²) < 4.78 is 5.91. The van der Waals surface area contributed by atoms with Gasteiger partial charge in [0.05, 0.1) is 5.39 Å². The van der Waals surface area contributed by atoms with Crippen molar-refractivity contribution in [2.24, 2.45) is 0 Å². The maximum Gasteiger partial charge on any atom is 0.143 e. The lowest BCUT2D eigenvalue weighted by molar-refractivity contribution is 0.483. The molecule has 2 heterocycles. The minimum absolute atomic E-state index is 0.502. The Morgan fingerprint density at radius 2 is 1.64 bits per heavy atom. The molecule has 5 nitrogen and oxygen atoms in total. The second kappa shape index (κ2) is 7.35. The molecule has 0 atom stereocenters. The third-order valence-electron chi connectivity index (χ3n) is 5.31. The van der Waals surface area contributed by atoms with Crippen LogP contribution >= 0.6 is 0 Å². The van der Waals surface area contributed by atoms with Crippen LogP contribution in [0.5, 0.6) is 11.5 Å². The molecule has 0 amide bonds. The molecule has 1 saturated carbocycles. The molecule has 0 saturated heterocycles. The smallest absolute Gasteiger partial charge is 0.143 e. The van der Waals surface area contributed by atoms with Crippen LogP contribution in [0.2, 0.25) is 0 Å². The van der Waals surface area contributed by atoms with E-state index in [4.69, 9.17) is 4.74 Å². The lowest BCUT2D eigenvalue weighted by Crippen LogP contribution is -2.15.